The molecule has 0 saturated heterocycles. The van der Waals surface area contributed by atoms with Crippen molar-refractivity contribution in [3.63, 3.8) is 0 Å². The molecule has 0 bridgehead atoms. The van der Waals surface area contributed by atoms with Crippen LogP contribution in [0.3, 0.4) is 0 Å². The highest BCUT2D eigenvalue weighted by molar-refractivity contribution is 5.95. The van der Waals surface area contributed by atoms with Crippen LogP contribution in [0, 0.1) is 5.92 Å². The first-order valence-corrected chi connectivity index (χ1v) is 7.35. The summed E-state index contributed by atoms with van der Waals surface area (Å²) in [7, 11) is 0. The van der Waals surface area contributed by atoms with E-state index < -0.39 is 0 Å². The normalized spacial score (nSPS) is 17.9. The summed E-state index contributed by atoms with van der Waals surface area (Å²) in [4.78, 5) is 14.3. The number of hydrogen-bond donors (Lipinski definition) is 1. The van der Waals surface area contributed by atoms with Gasteiger partial charge in [-0.3, -0.25) is 4.79 Å². The second kappa shape index (κ2) is 6.27. The van der Waals surface area contributed by atoms with Gasteiger partial charge in [0, 0.05) is 13.0 Å². The largest absolute Gasteiger partial charge is 0.486 e. The van der Waals surface area contributed by atoms with Gasteiger partial charge < -0.3 is 15.4 Å². The van der Waals surface area contributed by atoms with Gasteiger partial charge >= 0.3 is 0 Å². The third-order valence-electron chi connectivity index (χ3n) is 3.57. The lowest BCUT2D eigenvalue weighted by Gasteiger charge is -2.35. The fourth-order valence-electron chi connectivity index (χ4n) is 2.43. The number of nitrogens with zero attached hydrogens (tertiary/aromatic N) is 1. The van der Waals surface area contributed by atoms with Crippen molar-refractivity contribution in [3.8, 4) is 5.75 Å². The van der Waals surface area contributed by atoms with Gasteiger partial charge in [-0.15, -0.1) is 0 Å². The lowest BCUT2D eigenvalue weighted by atomic mass is 10.1. The predicted octanol–water partition coefficient (Wildman–Crippen LogP) is 2.70. The van der Waals surface area contributed by atoms with Gasteiger partial charge in [-0.1, -0.05) is 26.8 Å². The lowest BCUT2D eigenvalue weighted by molar-refractivity contribution is -0.119. The van der Waals surface area contributed by atoms with Crippen molar-refractivity contribution in [1.29, 1.82) is 0 Å². The minimum atomic E-state index is 0.0617. The van der Waals surface area contributed by atoms with Crippen molar-refractivity contribution in [3.05, 3.63) is 23.8 Å². The molecule has 1 heterocycles. The number of nitrogens with two attached hydrogens (primary N) is 1. The zero-order valence-electron chi connectivity index (χ0n) is 12.6. The number of benzene rings is 1. The number of fused-ring (bicyclic) bond motifs is 1. The first kappa shape index (κ1) is 14.9. The molecule has 0 radical (unpaired) electrons. The van der Waals surface area contributed by atoms with E-state index in [0.717, 1.165) is 23.4 Å². The van der Waals surface area contributed by atoms with Crippen molar-refractivity contribution in [2.75, 3.05) is 11.4 Å². The summed E-state index contributed by atoms with van der Waals surface area (Å²) in [6.07, 6.45) is 1.51. The van der Waals surface area contributed by atoms with E-state index in [1.165, 1.54) is 0 Å². The summed E-state index contributed by atoms with van der Waals surface area (Å²) in [6.45, 7) is 7.32. The SMILES string of the molecule is CCC1CN(C(=O)CC(C)C)c2ccc(CN)cc2O1. The Hall–Kier alpha value is -1.55. The van der Waals surface area contributed by atoms with Crippen LogP contribution in [0.4, 0.5) is 5.69 Å². The molecule has 0 aromatic heterocycles. The maximum Gasteiger partial charge on any atom is 0.227 e. The van der Waals surface area contributed by atoms with Crippen molar-refractivity contribution in [2.45, 2.75) is 46.3 Å². The Balaban J connectivity index is 2.32. The van der Waals surface area contributed by atoms with Crippen LogP contribution >= 0.6 is 0 Å². The number of ether oxygens (including phenoxy) is 1. The van der Waals surface area contributed by atoms with Gasteiger partial charge in [0.25, 0.3) is 0 Å². The third-order valence-corrected chi connectivity index (χ3v) is 3.57. The van der Waals surface area contributed by atoms with E-state index in [1.807, 2.05) is 23.1 Å². The van der Waals surface area contributed by atoms with E-state index in [0.29, 0.717) is 25.4 Å². The lowest BCUT2D eigenvalue weighted by Crippen LogP contribution is -2.43. The van der Waals surface area contributed by atoms with Gasteiger partial charge in [0.1, 0.15) is 11.9 Å². The molecule has 2 rings (SSSR count). The summed E-state index contributed by atoms with van der Waals surface area (Å²) in [5.74, 6) is 1.31. The quantitative estimate of drug-likeness (QED) is 0.920. The molecule has 20 heavy (non-hydrogen) atoms. The Kier molecular flexibility index (Phi) is 4.65. The average molecular weight is 276 g/mol. The summed E-state index contributed by atoms with van der Waals surface area (Å²) in [6, 6.07) is 5.86. The second-order valence-electron chi connectivity index (χ2n) is 5.76. The molecule has 0 fully saturated rings. The number of rotatable bonds is 4. The molecule has 1 aliphatic heterocycles. The molecular formula is C16H24N2O2. The third kappa shape index (κ3) is 3.12. The van der Waals surface area contributed by atoms with Crippen LogP contribution in [0.1, 0.15) is 39.2 Å². The number of amides is 1. The Labute approximate surface area is 120 Å². The molecule has 4 heteroatoms. The van der Waals surface area contributed by atoms with Gasteiger partial charge in [0.2, 0.25) is 5.91 Å². The van der Waals surface area contributed by atoms with E-state index in [1.54, 1.807) is 0 Å². The van der Waals surface area contributed by atoms with E-state index in [9.17, 15) is 4.79 Å². The van der Waals surface area contributed by atoms with E-state index in [4.69, 9.17) is 10.5 Å². The van der Waals surface area contributed by atoms with Crippen molar-refractivity contribution in [1.82, 2.24) is 0 Å². The summed E-state index contributed by atoms with van der Waals surface area (Å²) >= 11 is 0. The van der Waals surface area contributed by atoms with Crippen molar-refractivity contribution >= 4 is 11.6 Å². The van der Waals surface area contributed by atoms with Crippen molar-refractivity contribution in [2.24, 2.45) is 11.7 Å². The number of hydrogen-bond acceptors (Lipinski definition) is 3. The van der Waals surface area contributed by atoms with Crippen LogP contribution in [0.5, 0.6) is 5.75 Å². The molecule has 0 saturated carbocycles. The topological polar surface area (TPSA) is 55.6 Å². The molecule has 1 atom stereocenters. The molecule has 0 aliphatic carbocycles. The first-order valence-electron chi connectivity index (χ1n) is 7.35. The molecule has 1 aromatic rings. The van der Waals surface area contributed by atoms with Gasteiger partial charge in [-0.25, -0.2) is 0 Å². The average Bonchev–Trinajstić information content (AvgIpc) is 2.44. The fraction of sp³-hybridized carbons (Fsp3) is 0.562. The molecule has 2 N–H and O–H groups in total. The molecule has 4 nitrogen and oxygen atoms in total. The van der Waals surface area contributed by atoms with Crippen LogP contribution in [0.15, 0.2) is 18.2 Å². The van der Waals surface area contributed by atoms with Gasteiger partial charge in [0.05, 0.1) is 12.2 Å². The highest BCUT2D eigenvalue weighted by atomic mass is 16.5. The van der Waals surface area contributed by atoms with Crippen LogP contribution in [0.2, 0.25) is 0 Å². The Morgan fingerprint density at radius 1 is 1.50 bits per heavy atom. The zero-order valence-corrected chi connectivity index (χ0v) is 12.6. The minimum absolute atomic E-state index is 0.0617. The maximum absolute atomic E-state index is 12.4. The maximum atomic E-state index is 12.4. The second-order valence-corrected chi connectivity index (χ2v) is 5.76. The Bertz CT molecular complexity index is 485. The molecule has 1 amide bonds. The highest BCUT2D eigenvalue weighted by Gasteiger charge is 2.29. The zero-order chi connectivity index (χ0) is 14.7. The highest BCUT2D eigenvalue weighted by Crippen LogP contribution is 2.35. The van der Waals surface area contributed by atoms with Gasteiger partial charge in [0.15, 0.2) is 0 Å². The van der Waals surface area contributed by atoms with Crippen LogP contribution in [-0.2, 0) is 11.3 Å². The standard InChI is InChI=1S/C16H24N2O2/c1-4-13-10-18(16(19)7-11(2)3)14-6-5-12(9-17)8-15(14)20-13/h5-6,8,11,13H,4,7,9-10,17H2,1-3H3. The van der Waals surface area contributed by atoms with Gasteiger partial charge in [-0.2, -0.15) is 0 Å². The number of anilines is 1. The Morgan fingerprint density at radius 2 is 2.25 bits per heavy atom. The molecule has 0 spiro atoms. The molecule has 1 aromatic carbocycles. The van der Waals surface area contributed by atoms with E-state index in [-0.39, 0.29) is 12.0 Å². The molecule has 1 aliphatic rings. The molecule has 1 unspecified atom stereocenters. The monoisotopic (exact) mass is 276 g/mol. The van der Waals surface area contributed by atoms with Crippen LogP contribution < -0.4 is 15.4 Å². The smallest absolute Gasteiger partial charge is 0.227 e. The molecular weight excluding hydrogens is 252 g/mol. The number of carbonyl (C=O) groups excluding carboxylic acids is 1. The first-order chi connectivity index (χ1) is 9.55. The fourth-order valence-corrected chi connectivity index (χ4v) is 2.43. The van der Waals surface area contributed by atoms with Crippen LogP contribution in [-0.4, -0.2) is 18.6 Å². The minimum Gasteiger partial charge on any atom is -0.486 e. The van der Waals surface area contributed by atoms with Gasteiger partial charge in [-0.05, 0) is 30.0 Å². The van der Waals surface area contributed by atoms with Crippen molar-refractivity contribution < 1.29 is 9.53 Å². The summed E-state index contributed by atoms with van der Waals surface area (Å²) in [5.41, 5.74) is 7.57. The van der Waals surface area contributed by atoms with E-state index in [2.05, 4.69) is 20.8 Å². The Morgan fingerprint density at radius 3 is 2.85 bits per heavy atom. The summed E-state index contributed by atoms with van der Waals surface area (Å²) < 4.78 is 5.96. The van der Waals surface area contributed by atoms with Crippen LogP contribution in [0.25, 0.3) is 0 Å². The number of carbonyl (C=O) groups is 1. The van der Waals surface area contributed by atoms with E-state index >= 15 is 0 Å². The predicted molar refractivity (Wildman–Crippen MR) is 80.8 cm³/mol. The summed E-state index contributed by atoms with van der Waals surface area (Å²) in [5, 5.41) is 0. The molecule has 110 valence electrons.